The van der Waals surface area contributed by atoms with E-state index in [2.05, 4.69) is 5.32 Å². The normalized spacial score (nSPS) is 19.6. The Balaban J connectivity index is 1.85. The molecule has 0 aromatic heterocycles. The zero-order valence-corrected chi connectivity index (χ0v) is 22.8. The van der Waals surface area contributed by atoms with Crippen molar-refractivity contribution in [1.29, 1.82) is 0 Å². The van der Waals surface area contributed by atoms with Gasteiger partial charge >= 0.3 is 6.09 Å². The quantitative estimate of drug-likeness (QED) is 0.402. The molecule has 9 nitrogen and oxygen atoms in total. The third kappa shape index (κ3) is 8.16. The summed E-state index contributed by atoms with van der Waals surface area (Å²) < 4.78 is 45.5. The summed E-state index contributed by atoms with van der Waals surface area (Å²) in [5.41, 5.74) is 7.23. The molecule has 4 atom stereocenters. The van der Waals surface area contributed by atoms with Gasteiger partial charge in [-0.1, -0.05) is 51.1 Å². The number of amides is 1. The molecule has 0 saturated carbocycles. The Morgan fingerprint density at radius 2 is 1.78 bits per heavy atom. The van der Waals surface area contributed by atoms with E-state index in [1.54, 1.807) is 12.1 Å². The van der Waals surface area contributed by atoms with E-state index in [1.807, 2.05) is 51.1 Å². The Hall–Kier alpha value is -2.66. The van der Waals surface area contributed by atoms with Crippen molar-refractivity contribution in [1.82, 2.24) is 9.62 Å². The highest BCUT2D eigenvalue weighted by atomic mass is 32.2. The lowest BCUT2D eigenvalue weighted by Crippen LogP contribution is -2.52. The Morgan fingerprint density at radius 3 is 2.35 bits per heavy atom. The molecule has 1 amide bonds. The molecule has 4 unspecified atom stereocenters. The molecule has 10 heteroatoms. The molecule has 0 spiro atoms. The molecule has 0 bridgehead atoms. The fourth-order valence-corrected chi connectivity index (χ4v) is 5.91. The summed E-state index contributed by atoms with van der Waals surface area (Å²) in [6.45, 7) is 7.10. The van der Waals surface area contributed by atoms with E-state index < -0.39 is 28.3 Å². The zero-order valence-electron chi connectivity index (χ0n) is 22.0. The van der Waals surface area contributed by atoms with Crippen molar-refractivity contribution in [2.75, 3.05) is 39.1 Å². The number of nitrogens with two attached hydrogens (primary N) is 1. The Morgan fingerprint density at radius 1 is 1.11 bits per heavy atom. The molecule has 1 aliphatic heterocycles. The number of anilines is 1. The SMILES string of the molecule is COC(CN(CC(C)C)S(=O)(=O)c1ccc(N)cc1)C(Cc1ccccc1)NC(=O)OC1COCC1C. The van der Waals surface area contributed by atoms with Crippen LogP contribution in [0.3, 0.4) is 0 Å². The summed E-state index contributed by atoms with van der Waals surface area (Å²) in [4.78, 5) is 13.0. The van der Waals surface area contributed by atoms with Crippen LogP contribution in [0, 0.1) is 11.8 Å². The van der Waals surface area contributed by atoms with Crippen LogP contribution in [-0.4, -0.2) is 70.5 Å². The van der Waals surface area contributed by atoms with Gasteiger partial charge in [0.1, 0.15) is 6.10 Å². The number of alkyl carbamates (subject to hydrolysis) is 1. The second-order valence-corrected chi connectivity index (χ2v) is 11.9. The first-order valence-corrected chi connectivity index (χ1v) is 14.0. The average Bonchev–Trinajstić information content (AvgIpc) is 3.26. The molecule has 1 aliphatic rings. The first-order valence-electron chi connectivity index (χ1n) is 12.6. The maximum absolute atomic E-state index is 13.6. The number of carbonyl (C=O) groups is 1. The van der Waals surface area contributed by atoms with Crippen LogP contribution in [0.5, 0.6) is 0 Å². The lowest BCUT2D eigenvalue weighted by molar-refractivity contribution is 0.0377. The van der Waals surface area contributed by atoms with Gasteiger partial charge in [0.05, 0.1) is 30.3 Å². The van der Waals surface area contributed by atoms with Crippen molar-refractivity contribution >= 4 is 21.8 Å². The van der Waals surface area contributed by atoms with Gasteiger partial charge in [0.15, 0.2) is 0 Å². The second-order valence-electron chi connectivity index (χ2n) is 9.96. The molecule has 37 heavy (non-hydrogen) atoms. The maximum Gasteiger partial charge on any atom is 0.407 e. The van der Waals surface area contributed by atoms with Crippen molar-refractivity contribution in [3.63, 3.8) is 0 Å². The van der Waals surface area contributed by atoms with Gasteiger partial charge in [-0.2, -0.15) is 4.31 Å². The van der Waals surface area contributed by atoms with E-state index in [4.69, 9.17) is 19.9 Å². The van der Waals surface area contributed by atoms with Gasteiger partial charge in [-0.25, -0.2) is 13.2 Å². The van der Waals surface area contributed by atoms with Crippen molar-refractivity contribution in [2.24, 2.45) is 11.8 Å². The van der Waals surface area contributed by atoms with Crippen LogP contribution in [0.15, 0.2) is 59.5 Å². The average molecular weight is 534 g/mol. The van der Waals surface area contributed by atoms with E-state index in [0.717, 1.165) is 5.56 Å². The summed E-state index contributed by atoms with van der Waals surface area (Å²) in [6, 6.07) is 15.3. The number of sulfonamides is 1. The molecule has 2 aromatic carbocycles. The summed E-state index contributed by atoms with van der Waals surface area (Å²) in [5.74, 6) is 0.165. The van der Waals surface area contributed by atoms with E-state index >= 15 is 0 Å². The number of carbonyl (C=O) groups excluding carboxylic acids is 1. The molecular weight excluding hydrogens is 494 g/mol. The third-order valence-corrected chi connectivity index (χ3v) is 8.23. The predicted octanol–water partition coefficient (Wildman–Crippen LogP) is 3.30. The van der Waals surface area contributed by atoms with Crippen LogP contribution < -0.4 is 11.1 Å². The van der Waals surface area contributed by atoms with E-state index in [0.29, 0.717) is 25.3 Å². The minimum Gasteiger partial charge on any atom is -0.443 e. The third-order valence-electron chi connectivity index (χ3n) is 6.38. The summed E-state index contributed by atoms with van der Waals surface area (Å²) in [5, 5.41) is 2.94. The fourth-order valence-electron chi connectivity index (χ4n) is 4.29. The van der Waals surface area contributed by atoms with E-state index in [9.17, 15) is 13.2 Å². The van der Waals surface area contributed by atoms with Crippen LogP contribution in [0.25, 0.3) is 0 Å². The highest BCUT2D eigenvalue weighted by Crippen LogP contribution is 2.22. The lowest BCUT2D eigenvalue weighted by atomic mass is 10.0. The number of nitrogens with zero attached hydrogens (tertiary/aromatic N) is 1. The molecule has 1 heterocycles. The highest BCUT2D eigenvalue weighted by molar-refractivity contribution is 7.89. The second kappa shape index (κ2) is 13.2. The molecule has 1 saturated heterocycles. The van der Waals surface area contributed by atoms with Crippen LogP contribution in [0.1, 0.15) is 26.3 Å². The molecule has 1 fully saturated rings. The predicted molar refractivity (Wildman–Crippen MR) is 143 cm³/mol. The minimum atomic E-state index is -3.84. The zero-order chi connectivity index (χ0) is 27.0. The smallest absolute Gasteiger partial charge is 0.407 e. The Bertz CT molecular complexity index is 1090. The van der Waals surface area contributed by atoms with Crippen molar-refractivity contribution < 1.29 is 27.4 Å². The topological polar surface area (TPSA) is 120 Å². The number of hydrogen-bond donors (Lipinski definition) is 2. The van der Waals surface area contributed by atoms with E-state index in [-0.39, 0.29) is 35.9 Å². The number of rotatable bonds is 12. The van der Waals surface area contributed by atoms with Gasteiger partial charge in [-0.3, -0.25) is 0 Å². The van der Waals surface area contributed by atoms with Crippen molar-refractivity contribution in [2.45, 2.75) is 50.3 Å². The van der Waals surface area contributed by atoms with Gasteiger partial charge in [0.25, 0.3) is 0 Å². The van der Waals surface area contributed by atoms with Crippen molar-refractivity contribution in [3.05, 3.63) is 60.2 Å². The summed E-state index contributed by atoms with van der Waals surface area (Å²) >= 11 is 0. The van der Waals surface area contributed by atoms with E-state index in [1.165, 1.54) is 23.5 Å². The molecule has 0 radical (unpaired) electrons. The molecule has 0 aliphatic carbocycles. The Labute approximate surface area is 220 Å². The van der Waals surface area contributed by atoms with Crippen LogP contribution in [-0.2, 0) is 30.7 Å². The number of hydrogen-bond acceptors (Lipinski definition) is 7. The monoisotopic (exact) mass is 533 g/mol. The first kappa shape index (κ1) is 28.9. The van der Waals surface area contributed by atoms with Crippen LogP contribution in [0.4, 0.5) is 10.5 Å². The molecule has 3 rings (SSSR count). The van der Waals surface area contributed by atoms with Crippen LogP contribution in [0.2, 0.25) is 0 Å². The van der Waals surface area contributed by atoms with Gasteiger partial charge in [-0.05, 0) is 42.2 Å². The fraction of sp³-hybridized carbons (Fsp3) is 0.519. The van der Waals surface area contributed by atoms with Gasteiger partial charge in [0, 0.05) is 31.8 Å². The standard InChI is InChI=1S/C27H39N3O6S/c1-19(2)15-30(37(32,33)23-12-10-22(28)11-13-23)16-25(34-4)24(14-21-8-6-5-7-9-21)29-27(31)36-26-18-35-17-20(26)3/h5-13,19-20,24-26H,14-18,28H2,1-4H3,(H,29,31). The molecule has 204 valence electrons. The lowest BCUT2D eigenvalue weighted by Gasteiger charge is -2.32. The largest absolute Gasteiger partial charge is 0.443 e. The van der Waals surface area contributed by atoms with Crippen LogP contribution >= 0.6 is 0 Å². The molecule has 3 N–H and O–H groups in total. The Kier molecular flexibility index (Phi) is 10.3. The number of ether oxygens (including phenoxy) is 3. The minimum absolute atomic E-state index is 0.0438. The van der Waals surface area contributed by atoms with Crippen molar-refractivity contribution in [3.8, 4) is 0 Å². The number of nitrogen functional groups attached to an aromatic ring is 1. The van der Waals surface area contributed by atoms with Gasteiger partial charge in [0.2, 0.25) is 10.0 Å². The van der Waals surface area contributed by atoms with Gasteiger partial charge < -0.3 is 25.3 Å². The highest BCUT2D eigenvalue weighted by Gasteiger charge is 2.34. The first-order chi connectivity index (χ1) is 17.6. The number of benzene rings is 2. The summed E-state index contributed by atoms with van der Waals surface area (Å²) in [6.07, 6.45) is -1.13. The molecule has 2 aromatic rings. The maximum atomic E-state index is 13.6. The summed E-state index contributed by atoms with van der Waals surface area (Å²) in [7, 11) is -2.32. The number of nitrogens with one attached hydrogen (secondary N) is 1. The number of methoxy groups -OCH3 is 1. The molecular formula is C27H39N3O6S. The van der Waals surface area contributed by atoms with Gasteiger partial charge in [-0.15, -0.1) is 0 Å².